The van der Waals surface area contributed by atoms with Gasteiger partial charge in [-0.15, -0.1) is 11.3 Å². The van der Waals surface area contributed by atoms with Gasteiger partial charge in [-0.25, -0.2) is 4.79 Å². The molecule has 0 aliphatic rings. The van der Waals surface area contributed by atoms with Gasteiger partial charge in [-0.3, -0.25) is 4.79 Å². The predicted molar refractivity (Wildman–Crippen MR) is 149 cm³/mol. The maximum Gasteiger partial charge on any atom is 0.339 e. The normalized spacial score (nSPS) is 11.1. The number of nitrogens with two attached hydrogens (primary N) is 1. The molecule has 0 saturated carbocycles. The van der Waals surface area contributed by atoms with Crippen LogP contribution >= 0.6 is 22.9 Å². The number of methoxy groups -OCH3 is 1. The number of esters is 1. The summed E-state index contributed by atoms with van der Waals surface area (Å²) in [4.78, 5) is 26.2. The highest BCUT2D eigenvalue weighted by Gasteiger charge is 2.22. The third-order valence-electron chi connectivity index (χ3n) is 5.54. The van der Waals surface area contributed by atoms with Crippen molar-refractivity contribution in [2.24, 2.45) is 5.73 Å². The quantitative estimate of drug-likeness (QED) is 0.226. The van der Waals surface area contributed by atoms with E-state index in [1.807, 2.05) is 5.38 Å². The van der Waals surface area contributed by atoms with Crippen LogP contribution in [0.3, 0.4) is 0 Å². The highest BCUT2D eigenvalue weighted by molar-refractivity contribution is 7.12. The first-order valence-corrected chi connectivity index (χ1v) is 12.7. The second-order valence-corrected chi connectivity index (χ2v) is 9.25. The molecule has 0 bridgehead atoms. The van der Waals surface area contributed by atoms with E-state index in [1.165, 1.54) is 18.4 Å². The molecule has 0 unspecified atom stereocenters. The maximum atomic E-state index is 13.1. The van der Waals surface area contributed by atoms with Gasteiger partial charge >= 0.3 is 5.97 Å². The van der Waals surface area contributed by atoms with Crippen molar-refractivity contribution in [2.75, 3.05) is 19.0 Å². The fourth-order valence-corrected chi connectivity index (χ4v) is 5.07. The third kappa shape index (κ3) is 6.34. The number of nitrogens with one attached hydrogen (secondary N) is 1. The summed E-state index contributed by atoms with van der Waals surface area (Å²) in [6.07, 6.45) is 1.70. The monoisotopic (exact) mass is 540 g/mol. The minimum atomic E-state index is -0.423. The van der Waals surface area contributed by atoms with Crippen LogP contribution in [-0.4, -0.2) is 25.6 Å². The summed E-state index contributed by atoms with van der Waals surface area (Å²) in [5.41, 5.74) is 9.82. The number of anilines is 1. The molecule has 1 heterocycles. The van der Waals surface area contributed by atoms with E-state index in [0.717, 1.165) is 5.56 Å². The number of hydrogen-bond donors (Lipinski definition) is 2. The number of carbonyl (C=O) groups is 2. The molecule has 0 radical (unpaired) electrons. The first-order valence-electron chi connectivity index (χ1n) is 11.5. The van der Waals surface area contributed by atoms with E-state index < -0.39 is 5.97 Å². The standard InChI is InChI=1S/C28H29ClN2O5S/c1-6-20(28(33)35-7-2)26-25(17(4)30)18(15-37-26)14-36-23-10-8-9-21(16(23)3)27(32)31-22-13-19(29)11-12-24(22)34-5/h6,8-13,15H,4,7,14,30H2,1-3,5H3,(H,31,32)/b20-6+. The zero-order chi connectivity index (χ0) is 27.1. The lowest BCUT2D eigenvalue weighted by atomic mass is 10.0. The number of ether oxygens (including phenoxy) is 3. The molecule has 3 N–H and O–H groups in total. The van der Waals surface area contributed by atoms with Crippen molar-refractivity contribution in [3.05, 3.63) is 86.6 Å². The molecule has 0 saturated heterocycles. The van der Waals surface area contributed by atoms with Crippen LogP contribution in [0.15, 0.2) is 54.4 Å². The predicted octanol–water partition coefficient (Wildman–Crippen LogP) is 6.45. The van der Waals surface area contributed by atoms with Crippen molar-refractivity contribution >= 4 is 51.8 Å². The molecule has 3 aromatic rings. The summed E-state index contributed by atoms with van der Waals surface area (Å²) >= 11 is 7.46. The van der Waals surface area contributed by atoms with Crippen molar-refractivity contribution < 1.29 is 23.8 Å². The molecular weight excluding hydrogens is 512 g/mol. The lowest BCUT2D eigenvalue weighted by Crippen LogP contribution is -2.14. The topological polar surface area (TPSA) is 99.9 Å². The SMILES string of the molecule is C=C(N)c1c(COc2cccc(C(=O)Nc3cc(Cl)ccc3OC)c2C)csc1/C(=C\C)C(=O)OCC. The second kappa shape index (κ2) is 12.5. The van der Waals surface area contributed by atoms with Crippen molar-refractivity contribution in [1.29, 1.82) is 0 Å². The average molecular weight is 541 g/mol. The van der Waals surface area contributed by atoms with E-state index in [-0.39, 0.29) is 19.1 Å². The van der Waals surface area contributed by atoms with Gasteiger partial charge in [0.2, 0.25) is 0 Å². The van der Waals surface area contributed by atoms with Crippen LogP contribution in [0.4, 0.5) is 5.69 Å². The maximum absolute atomic E-state index is 13.1. The van der Waals surface area contributed by atoms with Crippen molar-refractivity contribution in [3.8, 4) is 11.5 Å². The Morgan fingerprint density at radius 3 is 2.62 bits per heavy atom. The van der Waals surface area contributed by atoms with Crippen LogP contribution in [0.25, 0.3) is 11.3 Å². The summed E-state index contributed by atoms with van der Waals surface area (Å²) < 4.78 is 16.6. The summed E-state index contributed by atoms with van der Waals surface area (Å²) in [5, 5.41) is 5.20. The van der Waals surface area contributed by atoms with Gasteiger partial charge in [0.05, 0.1) is 29.9 Å². The Kier molecular flexibility index (Phi) is 9.38. The number of benzene rings is 2. The molecule has 7 nitrogen and oxygen atoms in total. The Labute approximate surface area is 225 Å². The third-order valence-corrected chi connectivity index (χ3v) is 6.84. The number of rotatable bonds is 10. The molecule has 194 valence electrons. The van der Waals surface area contributed by atoms with Gasteiger partial charge in [0.25, 0.3) is 5.91 Å². The van der Waals surface area contributed by atoms with Crippen LogP contribution in [-0.2, 0) is 16.1 Å². The van der Waals surface area contributed by atoms with Crippen molar-refractivity contribution in [2.45, 2.75) is 27.4 Å². The average Bonchev–Trinajstić information content (AvgIpc) is 3.28. The van der Waals surface area contributed by atoms with Crippen molar-refractivity contribution in [1.82, 2.24) is 0 Å². The van der Waals surface area contributed by atoms with E-state index in [4.69, 9.17) is 31.5 Å². The Bertz CT molecular complexity index is 1360. The summed E-state index contributed by atoms with van der Waals surface area (Å²) in [6, 6.07) is 10.2. The fraction of sp³-hybridized carbons (Fsp3) is 0.214. The fourth-order valence-electron chi connectivity index (χ4n) is 3.74. The number of amides is 1. The van der Waals surface area contributed by atoms with E-state index >= 15 is 0 Å². The number of hydrogen-bond acceptors (Lipinski definition) is 7. The molecular formula is C28H29ClN2O5S. The Hall–Kier alpha value is -3.75. The lowest BCUT2D eigenvalue weighted by molar-refractivity contribution is -0.136. The highest BCUT2D eigenvalue weighted by atomic mass is 35.5. The van der Waals surface area contributed by atoms with Crippen LogP contribution < -0.4 is 20.5 Å². The van der Waals surface area contributed by atoms with Crippen LogP contribution in [0.5, 0.6) is 11.5 Å². The number of carbonyl (C=O) groups excluding carboxylic acids is 2. The van der Waals surface area contributed by atoms with Gasteiger partial charge < -0.3 is 25.3 Å². The van der Waals surface area contributed by atoms with Crippen LogP contribution in [0.1, 0.15) is 45.8 Å². The molecule has 1 aromatic heterocycles. The smallest absolute Gasteiger partial charge is 0.339 e. The summed E-state index contributed by atoms with van der Waals surface area (Å²) in [7, 11) is 1.52. The minimum absolute atomic E-state index is 0.163. The molecule has 0 fully saturated rings. The van der Waals surface area contributed by atoms with Gasteiger partial charge in [-0.1, -0.05) is 30.3 Å². The van der Waals surface area contributed by atoms with E-state index in [1.54, 1.807) is 63.2 Å². The van der Waals surface area contributed by atoms with E-state index in [2.05, 4.69) is 11.9 Å². The number of halogens is 1. The summed E-state index contributed by atoms with van der Waals surface area (Å²) in [6.45, 7) is 9.65. The Morgan fingerprint density at radius 1 is 1.22 bits per heavy atom. The number of thiophene rings is 1. The molecule has 3 rings (SSSR count). The largest absolute Gasteiger partial charge is 0.495 e. The number of allylic oxidation sites excluding steroid dienone is 1. The van der Waals surface area contributed by atoms with E-state index in [9.17, 15) is 9.59 Å². The molecule has 1 amide bonds. The molecule has 2 aromatic carbocycles. The van der Waals surface area contributed by atoms with Crippen molar-refractivity contribution in [3.63, 3.8) is 0 Å². The van der Waals surface area contributed by atoms with E-state index in [0.29, 0.717) is 55.0 Å². The second-order valence-electron chi connectivity index (χ2n) is 7.93. The summed E-state index contributed by atoms with van der Waals surface area (Å²) in [5.74, 6) is 0.273. The first kappa shape index (κ1) is 27.8. The van der Waals surface area contributed by atoms with Gasteiger partial charge in [-0.2, -0.15) is 0 Å². The first-order chi connectivity index (χ1) is 17.7. The molecule has 37 heavy (non-hydrogen) atoms. The van der Waals surface area contributed by atoms with Crippen LogP contribution in [0.2, 0.25) is 5.02 Å². The van der Waals surface area contributed by atoms with Gasteiger partial charge in [-0.05, 0) is 56.5 Å². The minimum Gasteiger partial charge on any atom is -0.495 e. The van der Waals surface area contributed by atoms with Gasteiger partial charge in [0.1, 0.15) is 18.1 Å². The lowest BCUT2D eigenvalue weighted by Gasteiger charge is -2.15. The van der Waals surface area contributed by atoms with Gasteiger partial charge in [0, 0.05) is 33.0 Å². The zero-order valence-electron chi connectivity index (χ0n) is 21.1. The molecule has 0 atom stereocenters. The molecule has 0 aliphatic heterocycles. The Balaban J connectivity index is 1.84. The molecule has 0 aliphatic carbocycles. The van der Waals surface area contributed by atoms with Gasteiger partial charge in [0.15, 0.2) is 0 Å². The van der Waals surface area contributed by atoms with Crippen LogP contribution in [0, 0.1) is 6.92 Å². The molecule has 9 heteroatoms. The molecule has 0 spiro atoms. The zero-order valence-corrected chi connectivity index (χ0v) is 22.7. The highest BCUT2D eigenvalue weighted by Crippen LogP contribution is 2.35. The Morgan fingerprint density at radius 2 is 1.97 bits per heavy atom.